The Kier molecular flexibility index (Phi) is 5.46. The summed E-state index contributed by atoms with van der Waals surface area (Å²) in [5.74, 6) is -0.803. The molecule has 8 nitrogen and oxygen atoms in total. The number of carbonyl (C=O) groups excluding carboxylic acids is 1. The number of carbonyl (C=O) groups is 1. The van der Waals surface area contributed by atoms with Gasteiger partial charge in [-0.15, -0.1) is 0 Å². The number of alkyl halides is 3. The molecule has 0 N–H and O–H groups in total. The molecule has 0 atom stereocenters. The van der Waals surface area contributed by atoms with Crippen molar-refractivity contribution in [3.05, 3.63) is 82.1 Å². The van der Waals surface area contributed by atoms with Gasteiger partial charge in [-0.2, -0.15) is 23.3 Å². The number of anilines is 1. The summed E-state index contributed by atoms with van der Waals surface area (Å²) in [6, 6.07) is 14.4. The summed E-state index contributed by atoms with van der Waals surface area (Å²) in [4.78, 5) is 23.5. The molecule has 1 amide bonds. The standard InChI is InChI=1S/C22H14F3N3O5/c1-32-14-7-9-16(18(12-14)28(30)31)19-10-8-15(33-19)11-17-20(22(23,24)25)26-27(21(17)29)13-5-3-2-4-6-13/h2-12H,1H3/b17-11+. The fraction of sp³-hybridized carbons (Fsp3) is 0.0909. The van der Waals surface area contributed by atoms with Gasteiger partial charge < -0.3 is 9.15 Å². The molecule has 0 fully saturated rings. The van der Waals surface area contributed by atoms with Crippen molar-refractivity contribution in [3.8, 4) is 17.1 Å². The first-order chi connectivity index (χ1) is 15.7. The zero-order chi connectivity index (χ0) is 23.8. The Bertz CT molecular complexity index is 1300. The molecule has 0 bridgehead atoms. The fourth-order valence-electron chi connectivity index (χ4n) is 3.21. The SMILES string of the molecule is COc1ccc(-c2ccc(/C=C3/C(=O)N(c4ccccc4)N=C3C(F)(F)F)o2)c([N+](=O)[O-])c1. The Morgan fingerprint density at radius 3 is 2.48 bits per heavy atom. The molecule has 0 saturated heterocycles. The largest absolute Gasteiger partial charge is 0.497 e. The summed E-state index contributed by atoms with van der Waals surface area (Å²) in [7, 11) is 1.35. The maximum absolute atomic E-state index is 13.6. The van der Waals surface area contributed by atoms with Crippen LogP contribution in [0.25, 0.3) is 17.4 Å². The Labute approximate surface area is 184 Å². The first-order valence-electron chi connectivity index (χ1n) is 9.39. The normalized spacial score (nSPS) is 15.2. The van der Waals surface area contributed by atoms with Crippen molar-refractivity contribution in [3.63, 3.8) is 0 Å². The quantitative estimate of drug-likeness (QED) is 0.298. The predicted octanol–water partition coefficient (Wildman–Crippen LogP) is 5.21. The van der Waals surface area contributed by atoms with Crippen LogP contribution in [0, 0.1) is 10.1 Å². The molecule has 0 spiro atoms. The number of rotatable bonds is 5. The van der Waals surface area contributed by atoms with Crippen LogP contribution in [0.4, 0.5) is 24.5 Å². The lowest BCUT2D eigenvalue weighted by Gasteiger charge is -2.10. The summed E-state index contributed by atoms with van der Waals surface area (Å²) in [6.45, 7) is 0. The van der Waals surface area contributed by atoms with Crippen molar-refractivity contribution in [1.82, 2.24) is 0 Å². The molecule has 0 saturated carbocycles. The number of ether oxygens (including phenoxy) is 1. The van der Waals surface area contributed by atoms with E-state index in [1.807, 2.05) is 0 Å². The van der Waals surface area contributed by atoms with E-state index in [-0.39, 0.29) is 34.2 Å². The number of amides is 1. The molecule has 4 rings (SSSR count). The Hall–Kier alpha value is -4.41. The summed E-state index contributed by atoms with van der Waals surface area (Å²) >= 11 is 0. The van der Waals surface area contributed by atoms with Gasteiger partial charge in [0.2, 0.25) is 0 Å². The van der Waals surface area contributed by atoms with Gasteiger partial charge in [-0.3, -0.25) is 14.9 Å². The van der Waals surface area contributed by atoms with Gasteiger partial charge in [0, 0.05) is 0 Å². The van der Waals surface area contributed by atoms with Gasteiger partial charge in [0.1, 0.15) is 17.3 Å². The molecule has 1 aliphatic heterocycles. The van der Waals surface area contributed by atoms with Crippen LogP contribution in [0.15, 0.2) is 75.8 Å². The minimum absolute atomic E-state index is 0.0343. The summed E-state index contributed by atoms with van der Waals surface area (Å²) < 4.78 is 51.3. The highest BCUT2D eigenvalue weighted by Crippen LogP contribution is 2.36. The number of hydrazone groups is 1. The minimum Gasteiger partial charge on any atom is -0.497 e. The van der Waals surface area contributed by atoms with Crippen molar-refractivity contribution < 1.29 is 32.0 Å². The van der Waals surface area contributed by atoms with Crippen molar-refractivity contribution >= 4 is 29.1 Å². The van der Waals surface area contributed by atoms with E-state index in [0.29, 0.717) is 5.01 Å². The first-order valence-corrected chi connectivity index (χ1v) is 9.39. The minimum atomic E-state index is -4.89. The molecule has 0 radical (unpaired) electrons. The topological polar surface area (TPSA) is 98.2 Å². The second-order valence-electron chi connectivity index (χ2n) is 6.80. The van der Waals surface area contributed by atoms with E-state index in [9.17, 15) is 28.1 Å². The van der Waals surface area contributed by atoms with Gasteiger partial charge in [-0.25, -0.2) is 0 Å². The fourth-order valence-corrected chi connectivity index (χ4v) is 3.21. The number of nitrogens with zero attached hydrogens (tertiary/aromatic N) is 3. The van der Waals surface area contributed by atoms with Crippen LogP contribution in [0.2, 0.25) is 0 Å². The van der Waals surface area contributed by atoms with E-state index < -0.39 is 28.3 Å². The summed E-state index contributed by atoms with van der Waals surface area (Å²) in [6.07, 6.45) is -3.98. The van der Waals surface area contributed by atoms with E-state index in [4.69, 9.17) is 9.15 Å². The Morgan fingerprint density at radius 1 is 1.12 bits per heavy atom. The predicted molar refractivity (Wildman–Crippen MR) is 113 cm³/mol. The average Bonchev–Trinajstić information content (AvgIpc) is 3.39. The number of furan rings is 1. The second kappa shape index (κ2) is 8.26. The van der Waals surface area contributed by atoms with Crippen LogP contribution < -0.4 is 9.75 Å². The second-order valence-corrected chi connectivity index (χ2v) is 6.80. The zero-order valence-electron chi connectivity index (χ0n) is 16.9. The van der Waals surface area contributed by atoms with Gasteiger partial charge in [0.15, 0.2) is 5.71 Å². The number of methoxy groups -OCH3 is 1. The lowest BCUT2D eigenvalue weighted by atomic mass is 10.1. The van der Waals surface area contributed by atoms with Crippen LogP contribution in [0.1, 0.15) is 5.76 Å². The van der Waals surface area contributed by atoms with Crippen LogP contribution in [0.5, 0.6) is 5.75 Å². The average molecular weight is 457 g/mol. The summed E-state index contributed by atoms with van der Waals surface area (Å²) in [5.41, 5.74) is -2.13. The lowest BCUT2D eigenvalue weighted by molar-refractivity contribution is -0.384. The first kappa shape index (κ1) is 21.8. The molecule has 2 aromatic carbocycles. The van der Waals surface area contributed by atoms with Crippen molar-refractivity contribution in [1.29, 1.82) is 0 Å². The third-order valence-corrected chi connectivity index (χ3v) is 4.73. The third kappa shape index (κ3) is 4.20. The van der Waals surface area contributed by atoms with Gasteiger partial charge in [-0.1, -0.05) is 18.2 Å². The van der Waals surface area contributed by atoms with Gasteiger partial charge in [-0.05, 0) is 42.5 Å². The molecular formula is C22H14F3N3O5. The van der Waals surface area contributed by atoms with E-state index in [0.717, 1.165) is 6.08 Å². The highest BCUT2D eigenvalue weighted by molar-refractivity contribution is 6.34. The van der Waals surface area contributed by atoms with E-state index in [1.54, 1.807) is 18.2 Å². The van der Waals surface area contributed by atoms with Crippen molar-refractivity contribution in [2.75, 3.05) is 12.1 Å². The highest BCUT2D eigenvalue weighted by atomic mass is 19.4. The number of halogens is 3. The number of benzene rings is 2. The van der Waals surface area contributed by atoms with Crippen LogP contribution >= 0.6 is 0 Å². The van der Waals surface area contributed by atoms with Crippen LogP contribution in [0.3, 0.4) is 0 Å². The number of para-hydroxylation sites is 1. The van der Waals surface area contributed by atoms with Gasteiger partial charge >= 0.3 is 6.18 Å². The number of hydrogen-bond acceptors (Lipinski definition) is 6. The Balaban J connectivity index is 1.74. The van der Waals surface area contributed by atoms with Gasteiger partial charge in [0.25, 0.3) is 11.6 Å². The molecule has 0 unspecified atom stereocenters. The van der Waals surface area contributed by atoms with Crippen molar-refractivity contribution in [2.45, 2.75) is 6.18 Å². The smallest absolute Gasteiger partial charge is 0.435 e. The molecule has 3 aromatic rings. The zero-order valence-corrected chi connectivity index (χ0v) is 16.9. The molecular weight excluding hydrogens is 443 g/mol. The molecule has 1 aromatic heterocycles. The van der Waals surface area contributed by atoms with E-state index >= 15 is 0 Å². The number of nitro groups is 1. The number of hydrogen-bond donors (Lipinski definition) is 0. The molecule has 2 heterocycles. The molecule has 11 heteroatoms. The third-order valence-electron chi connectivity index (χ3n) is 4.73. The molecule has 33 heavy (non-hydrogen) atoms. The Morgan fingerprint density at radius 2 is 1.85 bits per heavy atom. The molecule has 1 aliphatic rings. The highest BCUT2D eigenvalue weighted by Gasteiger charge is 2.47. The number of nitro benzene ring substituents is 1. The van der Waals surface area contributed by atoms with E-state index in [1.165, 1.54) is 49.6 Å². The molecule has 0 aliphatic carbocycles. The van der Waals surface area contributed by atoms with Crippen LogP contribution in [-0.4, -0.2) is 29.8 Å². The van der Waals surface area contributed by atoms with Crippen LogP contribution in [-0.2, 0) is 4.79 Å². The molecule has 168 valence electrons. The maximum atomic E-state index is 13.6. The van der Waals surface area contributed by atoms with Gasteiger partial charge in [0.05, 0.1) is 34.9 Å². The maximum Gasteiger partial charge on any atom is 0.435 e. The summed E-state index contributed by atoms with van der Waals surface area (Å²) in [5, 5.41) is 15.6. The lowest BCUT2D eigenvalue weighted by Crippen LogP contribution is -2.25. The van der Waals surface area contributed by atoms with E-state index in [2.05, 4.69) is 5.10 Å². The van der Waals surface area contributed by atoms with Crippen molar-refractivity contribution in [2.24, 2.45) is 5.10 Å². The monoisotopic (exact) mass is 457 g/mol.